The predicted molar refractivity (Wildman–Crippen MR) is 102 cm³/mol. The van der Waals surface area contributed by atoms with Gasteiger partial charge in [0.25, 0.3) is 0 Å². The summed E-state index contributed by atoms with van der Waals surface area (Å²) in [7, 11) is 0. The fraction of sp³-hybridized carbons (Fsp3) is 0.200. The van der Waals surface area contributed by atoms with Gasteiger partial charge in [-0.3, -0.25) is 9.59 Å². The second-order valence-electron chi connectivity index (χ2n) is 5.72. The van der Waals surface area contributed by atoms with Crippen molar-refractivity contribution in [2.75, 3.05) is 6.54 Å². The maximum atomic E-state index is 12.4. The molecule has 1 N–H and O–H groups in total. The van der Waals surface area contributed by atoms with Crippen molar-refractivity contribution in [2.45, 2.75) is 12.8 Å². The smallest absolute Gasteiger partial charge is 0.243 e. The third-order valence-corrected chi connectivity index (χ3v) is 4.62. The van der Waals surface area contributed by atoms with Crippen LogP contribution in [0, 0.1) is 5.92 Å². The van der Waals surface area contributed by atoms with E-state index in [1.165, 1.54) is 13.0 Å². The SMILES string of the molecule is C=CC(=O)NCC(C(C)=O)C(c1ccccc1)c1ccc(Cl)cc1Cl. The van der Waals surface area contributed by atoms with Gasteiger partial charge in [-0.2, -0.15) is 0 Å². The number of carbonyl (C=O) groups excluding carboxylic acids is 2. The summed E-state index contributed by atoms with van der Waals surface area (Å²) in [5, 5.41) is 3.73. The normalized spacial score (nSPS) is 12.9. The average Bonchev–Trinajstić information content (AvgIpc) is 2.59. The highest BCUT2D eigenvalue weighted by Gasteiger charge is 2.30. The lowest BCUT2D eigenvalue weighted by Gasteiger charge is -2.27. The number of benzene rings is 2. The monoisotopic (exact) mass is 375 g/mol. The molecular formula is C20H19Cl2NO2. The molecule has 2 rings (SSSR count). The van der Waals surface area contributed by atoms with Crippen LogP contribution in [0.5, 0.6) is 0 Å². The van der Waals surface area contributed by atoms with Crippen molar-refractivity contribution in [1.82, 2.24) is 5.32 Å². The molecule has 5 heteroatoms. The molecule has 0 aliphatic rings. The highest BCUT2D eigenvalue weighted by Crippen LogP contribution is 2.37. The number of hydrogen-bond acceptors (Lipinski definition) is 2. The minimum atomic E-state index is -0.468. The first-order valence-electron chi connectivity index (χ1n) is 7.84. The van der Waals surface area contributed by atoms with Crippen LogP contribution in [0.4, 0.5) is 0 Å². The summed E-state index contributed by atoms with van der Waals surface area (Å²) in [4.78, 5) is 23.9. The van der Waals surface area contributed by atoms with E-state index in [0.717, 1.165) is 11.1 Å². The summed E-state index contributed by atoms with van der Waals surface area (Å²) in [6, 6.07) is 14.9. The summed E-state index contributed by atoms with van der Waals surface area (Å²) < 4.78 is 0. The number of rotatable bonds is 7. The Hall–Kier alpha value is -2.10. The van der Waals surface area contributed by atoms with Gasteiger partial charge < -0.3 is 5.32 Å². The molecule has 3 nitrogen and oxygen atoms in total. The second kappa shape index (κ2) is 8.84. The van der Waals surface area contributed by atoms with Crippen molar-refractivity contribution in [3.8, 4) is 0 Å². The molecule has 0 aliphatic carbocycles. The van der Waals surface area contributed by atoms with Gasteiger partial charge in [-0.1, -0.05) is 66.2 Å². The van der Waals surface area contributed by atoms with Crippen molar-refractivity contribution >= 4 is 34.9 Å². The molecule has 2 atom stereocenters. The van der Waals surface area contributed by atoms with Gasteiger partial charge in [-0.15, -0.1) is 0 Å². The van der Waals surface area contributed by atoms with Crippen LogP contribution in [0.2, 0.25) is 10.0 Å². The highest BCUT2D eigenvalue weighted by atomic mass is 35.5. The minimum absolute atomic E-state index is 0.0377. The van der Waals surface area contributed by atoms with Crippen LogP contribution in [0.25, 0.3) is 0 Å². The molecule has 130 valence electrons. The number of hydrogen-bond donors (Lipinski definition) is 1. The van der Waals surface area contributed by atoms with Crippen molar-refractivity contribution in [2.24, 2.45) is 5.92 Å². The van der Waals surface area contributed by atoms with Crippen LogP contribution in [0.1, 0.15) is 24.0 Å². The van der Waals surface area contributed by atoms with E-state index in [2.05, 4.69) is 11.9 Å². The Morgan fingerprint density at radius 3 is 2.40 bits per heavy atom. The van der Waals surface area contributed by atoms with E-state index < -0.39 is 5.92 Å². The average molecular weight is 376 g/mol. The first-order chi connectivity index (χ1) is 11.9. The molecule has 1 amide bonds. The molecule has 2 aromatic rings. The molecule has 0 bridgehead atoms. The second-order valence-corrected chi connectivity index (χ2v) is 6.56. The molecular weight excluding hydrogens is 357 g/mol. The van der Waals surface area contributed by atoms with E-state index in [-0.39, 0.29) is 24.2 Å². The van der Waals surface area contributed by atoms with Gasteiger partial charge in [0.2, 0.25) is 5.91 Å². The molecule has 0 aromatic heterocycles. The zero-order valence-corrected chi connectivity index (χ0v) is 15.3. The van der Waals surface area contributed by atoms with Gasteiger partial charge in [0.1, 0.15) is 5.78 Å². The zero-order chi connectivity index (χ0) is 18.4. The van der Waals surface area contributed by atoms with Gasteiger partial charge in [-0.25, -0.2) is 0 Å². The Morgan fingerprint density at radius 1 is 1.16 bits per heavy atom. The van der Waals surface area contributed by atoms with Gasteiger partial charge in [-0.05, 0) is 36.3 Å². The number of amides is 1. The molecule has 2 aromatic carbocycles. The van der Waals surface area contributed by atoms with E-state index in [1.807, 2.05) is 36.4 Å². The largest absolute Gasteiger partial charge is 0.352 e. The van der Waals surface area contributed by atoms with Gasteiger partial charge in [0.15, 0.2) is 0 Å². The molecule has 0 heterocycles. The van der Waals surface area contributed by atoms with Crippen molar-refractivity contribution in [3.05, 3.63) is 82.4 Å². The lowest BCUT2D eigenvalue weighted by Crippen LogP contribution is -2.35. The number of carbonyl (C=O) groups is 2. The highest BCUT2D eigenvalue weighted by molar-refractivity contribution is 6.35. The third kappa shape index (κ3) is 4.94. The molecule has 25 heavy (non-hydrogen) atoms. The molecule has 0 saturated carbocycles. The summed E-state index contributed by atoms with van der Waals surface area (Å²) in [5.74, 6) is -1.12. The quantitative estimate of drug-likeness (QED) is 0.716. The van der Waals surface area contributed by atoms with Crippen LogP contribution in [-0.2, 0) is 9.59 Å². The molecule has 0 saturated heterocycles. The topological polar surface area (TPSA) is 46.2 Å². The standard InChI is InChI=1S/C20H19Cl2NO2/c1-3-19(25)23-12-17(13(2)24)20(14-7-5-4-6-8-14)16-10-9-15(21)11-18(16)22/h3-11,17,20H,1,12H2,2H3,(H,23,25). The Labute approximate surface area is 157 Å². The van der Waals surface area contributed by atoms with Crippen LogP contribution in [0.3, 0.4) is 0 Å². The van der Waals surface area contributed by atoms with E-state index >= 15 is 0 Å². The fourth-order valence-electron chi connectivity index (χ4n) is 2.82. The summed E-state index contributed by atoms with van der Waals surface area (Å²) >= 11 is 12.4. The van der Waals surface area contributed by atoms with Gasteiger partial charge in [0.05, 0.1) is 0 Å². The molecule has 0 fully saturated rings. The lowest BCUT2D eigenvalue weighted by molar-refractivity contribution is -0.121. The fourth-order valence-corrected chi connectivity index (χ4v) is 3.35. The Balaban J connectivity index is 2.50. The summed E-state index contributed by atoms with van der Waals surface area (Å²) in [6.07, 6.45) is 1.18. The Bertz CT molecular complexity index is 775. The van der Waals surface area contributed by atoms with E-state index in [9.17, 15) is 9.59 Å². The van der Waals surface area contributed by atoms with E-state index in [1.54, 1.807) is 12.1 Å². The zero-order valence-electron chi connectivity index (χ0n) is 13.8. The predicted octanol–water partition coefficient (Wildman–Crippen LogP) is 4.63. The number of nitrogens with one attached hydrogen (secondary N) is 1. The molecule has 0 spiro atoms. The number of halogens is 2. The molecule has 2 unspecified atom stereocenters. The maximum Gasteiger partial charge on any atom is 0.243 e. The minimum Gasteiger partial charge on any atom is -0.352 e. The molecule has 0 aliphatic heterocycles. The van der Waals surface area contributed by atoms with E-state index in [4.69, 9.17) is 23.2 Å². The van der Waals surface area contributed by atoms with Gasteiger partial charge in [0, 0.05) is 28.4 Å². The van der Waals surface area contributed by atoms with Crippen LogP contribution in [0.15, 0.2) is 61.2 Å². The van der Waals surface area contributed by atoms with Gasteiger partial charge >= 0.3 is 0 Å². The summed E-state index contributed by atoms with van der Waals surface area (Å²) in [5.41, 5.74) is 1.74. The van der Waals surface area contributed by atoms with Crippen LogP contribution < -0.4 is 5.32 Å². The third-order valence-electron chi connectivity index (χ3n) is 4.06. The van der Waals surface area contributed by atoms with Crippen LogP contribution in [-0.4, -0.2) is 18.2 Å². The Morgan fingerprint density at radius 2 is 1.84 bits per heavy atom. The first kappa shape index (κ1) is 19.2. The van der Waals surface area contributed by atoms with Crippen LogP contribution >= 0.6 is 23.2 Å². The summed E-state index contributed by atoms with van der Waals surface area (Å²) in [6.45, 7) is 5.15. The first-order valence-corrected chi connectivity index (χ1v) is 8.60. The maximum absolute atomic E-state index is 12.4. The van der Waals surface area contributed by atoms with Crippen molar-refractivity contribution < 1.29 is 9.59 Å². The van der Waals surface area contributed by atoms with Crippen molar-refractivity contribution in [3.63, 3.8) is 0 Å². The molecule has 0 radical (unpaired) electrons. The van der Waals surface area contributed by atoms with Crippen molar-refractivity contribution in [1.29, 1.82) is 0 Å². The number of Topliss-reactive ketones (excluding diaryl/α,β-unsaturated/α-hetero) is 1. The van der Waals surface area contributed by atoms with E-state index in [0.29, 0.717) is 10.0 Å². The lowest BCUT2D eigenvalue weighted by atomic mass is 9.78. The number of ketones is 1. The Kier molecular flexibility index (Phi) is 6.80.